The summed E-state index contributed by atoms with van der Waals surface area (Å²) in [5.74, 6) is -0.899. The number of imide groups is 2. The van der Waals surface area contributed by atoms with Crippen LogP contribution in [0, 0.1) is 20.8 Å². The molecule has 0 aromatic heterocycles. The minimum atomic E-state index is -0.829. The molecule has 0 atom stereocenters. The maximum absolute atomic E-state index is 13.2. The molecule has 1 N–H and O–H groups in total. The molecular weight excluding hydrogens is 544 g/mol. The molecule has 1 aliphatic rings. The fourth-order valence-corrected chi connectivity index (χ4v) is 5.00. The van der Waals surface area contributed by atoms with E-state index >= 15 is 0 Å². The van der Waals surface area contributed by atoms with Gasteiger partial charge in [-0.15, -0.1) is 0 Å². The zero-order valence-corrected chi connectivity index (χ0v) is 22.6. The van der Waals surface area contributed by atoms with Gasteiger partial charge in [0.15, 0.2) is 0 Å². The number of amides is 4. The van der Waals surface area contributed by atoms with Crippen LogP contribution in [0.25, 0.3) is 6.08 Å². The highest BCUT2D eigenvalue weighted by molar-refractivity contribution is 9.10. The highest BCUT2D eigenvalue weighted by Gasteiger charge is 2.37. The Hall–Kier alpha value is -3.42. The van der Waals surface area contributed by atoms with Crippen LogP contribution in [0.3, 0.4) is 0 Å². The summed E-state index contributed by atoms with van der Waals surface area (Å²) in [5, 5.41) is 2.64. The van der Waals surface area contributed by atoms with E-state index in [1.807, 2.05) is 13.0 Å². The highest BCUT2D eigenvalue weighted by atomic mass is 79.9. The summed E-state index contributed by atoms with van der Waals surface area (Å²) in [5.41, 5.74) is 5.90. The van der Waals surface area contributed by atoms with Crippen molar-refractivity contribution in [1.82, 2.24) is 5.32 Å². The summed E-state index contributed by atoms with van der Waals surface area (Å²) < 4.78 is 6.42. The number of urea groups is 1. The molecule has 1 heterocycles. The van der Waals surface area contributed by atoms with Crippen molar-refractivity contribution < 1.29 is 19.1 Å². The van der Waals surface area contributed by atoms with Crippen molar-refractivity contribution in [3.63, 3.8) is 0 Å². The number of nitrogens with zero attached hydrogens (tertiary/aromatic N) is 1. The fourth-order valence-electron chi connectivity index (χ4n) is 4.22. The van der Waals surface area contributed by atoms with Crippen molar-refractivity contribution in [2.45, 2.75) is 27.2 Å². The highest BCUT2D eigenvalue weighted by Crippen LogP contribution is 2.33. The lowest BCUT2D eigenvalue weighted by Crippen LogP contribution is -2.54. The molecule has 3 aromatic rings. The first kappa shape index (κ1) is 25.7. The largest absolute Gasteiger partial charge is 0.496 e. The van der Waals surface area contributed by atoms with E-state index in [0.717, 1.165) is 26.1 Å². The average Bonchev–Trinajstić information content (AvgIpc) is 2.79. The second-order valence-corrected chi connectivity index (χ2v) is 10.0. The van der Waals surface area contributed by atoms with E-state index in [4.69, 9.17) is 16.3 Å². The summed E-state index contributed by atoms with van der Waals surface area (Å²) in [6.07, 6.45) is 2.08. The number of halogens is 2. The van der Waals surface area contributed by atoms with Gasteiger partial charge in [-0.05, 0) is 67.8 Å². The fraction of sp³-hybridized carbons (Fsp3) is 0.179. The number of anilines is 1. The van der Waals surface area contributed by atoms with Crippen LogP contribution < -0.4 is 15.0 Å². The van der Waals surface area contributed by atoms with E-state index in [2.05, 4.69) is 53.3 Å². The molecule has 1 saturated heterocycles. The molecule has 0 radical (unpaired) electrons. The lowest BCUT2D eigenvalue weighted by molar-refractivity contribution is -0.122. The molecule has 36 heavy (non-hydrogen) atoms. The number of nitrogens with one attached hydrogen (secondary N) is 1. The predicted molar refractivity (Wildman–Crippen MR) is 145 cm³/mol. The van der Waals surface area contributed by atoms with Crippen LogP contribution in [0.4, 0.5) is 10.5 Å². The lowest BCUT2D eigenvalue weighted by atomic mass is 9.98. The summed E-state index contributed by atoms with van der Waals surface area (Å²) >= 11 is 9.82. The van der Waals surface area contributed by atoms with Crippen LogP contribution in [-0.2, 0) is 16.0 Å². The molecule has 0 aliphatic carbocycles. The Bertz CT molecular complexity index is 1430. The van der Waals surface area contributed by atoms with Crippen LogP contribution in [0.1, 0.15) is 33.4 Å². The molecule has 0 saturated carbocycles. The Morgan fingerprint density at radius 1 is 1.00 bits per heavy atom. The Balaban J connectivity index is 1.71. The topological polar surface area (TPSA) is 75.7 Å². The zero-order valence-electron chi connectivity index (χ0n) is 20.2. The van der Waals surface area contributed by atoms with E-state index in [1.54, 1.807) is 25.3 Å². The summed E-state index contributed by atoms with van der Waals surface area (Å²) in [6, 6.07) is 14.0. The average molecular weight is 568 g/mol. The molecular formula is C28H24BrClN2O4. The second kappa shape index (κ2) is 10.3. The van der Waals surface area contributed by atoms with Crippen molar-refractivity contribution >= 4 is 57.1 Å². The van der Waals surface area contributed by atoms with Crippen LogP contribution in [-0.4, -0.2) is 25.0 Å². The molecule has 1 aliphatic heterocycles. The minimum absolute atomic E-state index is 0.178. The molecule has 1 fully saturated rings. The number of carbonyl (C=O) groups excluding carboxylic acids is 3. The van der Waals surface area contributed by atoms with Gasteiger partial charge in [0.05, 0.1) is 12.8 Å². The van der Waals surface area contributed by atoms with E-state index in [-0.39, 0.29) is 11.3 Å². The van der Waals surface area contributed by atoms with Gasteiger partial charge in [-0.1, -0.05) is 62.9 Å². The third-order valence-corrected chi connectivity index (χ3v) is 7.00. The van der Waals surface area contributed by atoms with Crippen molar-refractivity contribution in [1.29, 1.82) is 0 Å². The van der Waals surface area contributed by atoms with E-state index in [0.29, 0.717) is 22.8 Å². The molecule has 0 bridgehead atoms. The zero-order chi connectivity index (χ0) is 26.1. The third kappa shape index (κ3) is 5.22. The maximum Gasteiger partial charge on any atom is 0.335 e. The molecule has 4 amide bonds. The Morgan fingerprint density at radius 2 is 1.69 bits per heavy atom. The van der Waals surface area contributed by atoms with Crippen molar-refractivity contribution in [2.75, 3.05) is 12.0 Å². The standard InChI is InChI=1S/C28H24BrClN2O4/c1-15-7-16(2)9-18(8-15)10-21-23(29)12-19(13-25(21)36-4)11-22-26(33)31-28(35)32(27(22)34)20-6-5-17(3)24(30)14-20/h5-9,11-14H,10H2,1-4H3,(H,31,33,35)/b22-11+. The first-order chi connectivity index (χ1) is 17.1. The molecule has 4 rings (SSSR count). The van der Waals surface area contributed by atoms with Gasteiger partial charge < -0.3 is 4.74 Å². The number of carbonyl (C=O) groups is 3. The minimum Gasteiger partial charge on any atom is -0.496 e. The number of ether oxygens (including phenoxy) is 1. The number of methoxy groups -OCH3 is 1. The number of hydrogen-bond donors (Lipinski definition) is 1. The number of rotatable bonds is 5. The molecule has 3 aromatic carbocycles. The van der Waals surface area contributed by atoms with Gasteiger partial charge in [-0.25, -0.2) is 9.69 Å². The van der Waals surface area contributed by atoms with Crippen LogP contribution in [0.2, 0.25) is 5.02 Å². The van der Waals surface area contributed by atoms with Gasteiger partial charge in [0.2, 0.25) is 0 Å². The number of hydrogen-bond acceptors (Lipinski definition) is 4. The molecule has 0 unspecified atom stereocenters. The molecule has 6 nitrogen and oxygen atoms in total. The predicted octanol–water partition coefficient (Wildman–Crippen LogP) is 6.29. The maximum atomic E-state index is 13.2. The third-order valence-electron chi connectivity index (χ3n) is 5.89. The van der Waals surface area contributed by atoms with Crippen molar-refractivity contribution in [3.05, 3.63) is 97.0 Å². The van der Waals surface area contributed by atoms with Crippen LogP contribution in [0.5, 0.6) is 5.75 Å². The van der Waals surface area contributed by atoms with E-state index < -0.39 is 17.8 Å². The summed E-state index contributed by atoms with van der Waals surface area (Å²) in [4.78, 5) is 39.3. The monoisotopic (exact) mass is 566 g/mol. The van der Waals surface area contributed by atoms with E-state index in [1.165, 1.54) is 23.3 Å². The first-order valence-corrected chi connectivity index (χ1v) is 12.4. The van der Waals surface area contributed by atoms with Gasteiger partial charge in [-0.3, -0.25) is 14.9 Å². The van der Waals surface area contributed by atoms with Gasteiger partial charge in [0, 0.05) is 21.5 Å². The smallest absolute Gasteiger partial charge is 0.335 e. The van der Waals surface area contributed by atoms with Gasteiger partial charge in [0.1, 0.15) is 11.3 Å². The number of benzene rings is 3. The number of aryl methyl sites for hydroxylation is 3. The van der Waals surface area contributed by atoms with Crippen LogP contribution >= 0.6 is 27.5 Å². The SMILES string of the molecule is COc1cc(/C=C2\C(=O)NC(=O)N(c3ccc(C)c(Cl)c3)C2=O)cc(Br)c1Cc1cc(C)cc(C)c1. The normalized spacial score (nSPS) is 14.9. The number of barbiturate groups is 1. The molecule has 0 spiro atoms. The molecule has 184 valence electrons. The quantitative estimate of drug-likeness (QED) is 0.290. The summed E-state index contributed by atoms with van der Waals surface area (Å²) in [6.45, 7) is 5.93. The molecule has 8 heteroatoms. The van der Waals surface area contributed by atoms with Gasteiger partial charge in [0.25, 0.3) is 11.8 Å². The first-order valence-electron chi connectivity index (χ1n) is 11.2. The Morgan fingerprint density at radius 3 is 2.33 bits per heavy atom. The van der Waals surface area contributed by atoms with Crippen LogP contribution in [0.15, 0.2) is 58.6 Å². The van der Waals surface area contributed by atoms with Crippen molar-refractivity contribution in [2.24, 2.45) is 0 Å². The van der Waals surface area contributed by atoms with Gasteiger partial charge >= 0.3 is 6.03 Å². The lowest BCUT2D eigenvalue weighted by Gasteiger charge is -2.26. The van der Waals surface area contributed by atoms with Gasteiger partial charge in [-0.2, -0.15) is 0 Å². The Kier molecular flexibility index (Phi) is 7.33. The summed E-state index contributed by atoms with van der Waals surface area (Å²) in [7, 11) is 1.57. The van der Waals surface area contributed by atoms with E-state index in [9.17, 15) is 14.4 Å². The van der Waals surface area contributed by atoms with Crippen molar-refractivity contribution in [3.8, 4) is 5.75 Å². The second-order valence-electron chi connectivity index (χ2n) is 8.75. The Labute approximate surface area is 223 Å².